The summed E-state index contributed by atoms with van der Waals surface area (Å²) in [7, 11) is 0. The van der Waals surface area contributed by atoms with Gasteiger partial charge in [-0.1, -0.05) is 5.17 Å². The van der Waals surface area contributed by atoms with E-state index in [-0.39, 0.29) is 31.7 Å². The van der Waals surface area contributed by atoms with Crippen molar-refractivity contribution in [1.29, 1.82) is 0 Å². The summed E-state index contributed by atoms with van der Waals surface area (Å²) in [5.74, 6) is -2.39. The van der Waals surface area contributed by atoms with Crippen LogP contribution < -0.4 is 5.43 Å². The number of nitrogens with zero attached hydrogens (tertiary/aromatic N) is 1. The van der Waals surface area contributed by atoms with Crippen molar-refractivity contribution >= 4 is 11.8 Å². The number of carbonyl (C=O) groups excluding carboxylic acids is 2. The summed E-state index contributed by atoms with van der Waals surface area (Å²) in [6.45, 7) is 0.0740. The molecule has 0 radical (unpaired) electrons. The van der Waals surface area contributed by atoms with E-state index < -0.39 is 12.1 Å². The first-order valence-electron chi connectivity index (χ1n) is 4.21. The van der Waals surface area contributed by atoms with E-state index in [1.54, 1.807) is 0 Å². The van der Waals surface area contributed by atoms with Crippen LogP contribution in [-0.2, 0) is 14.4 Å². The SMILES string of the molecule is O=C1CCNN(OC(=O)C(F)(F)F)CC1. The van der Waals surface area contributed by atoms with Gasteiger partial charge in [0.1, 0.15) is 5.78 Å². The Hall–Kier alpha value is -1.15. The molecule has 5 nitrogen and oxygen atoms in total. The average molecular weight is 226 g/mol. The molecule has 0 atom stereocenters. The second kappa shape index (κ2) is 4.58. The number of hydrogen-bond acceptors (Lipinski definition) is 5. The number of hydrazine groups is 1. The predicted molar refractivity (Wildman–Crippen MR) is 41.1 cm³/mol. The minimum Gasteiger partial charge on any atom is -0.345 e. The highest BCUT2D eigenvalue weighted by molar-refractivity contribution is 5.79. The van der Waals surface area contributed by atoms with Crippen molar-refractivity contribution in [1.82, 2.24) is 10.6 Å². The number of hydrogen-bond donors (Lipinski definition) is 1. The van der Waals surface area contributed by atoms with Gasteiger partial charge in [-0.3, -0.25) is 4.79 Å². The van der Waals surface area contributed by atoms with Gasteiger partial charge in [-0.2, -0.15) is 13.2 Å². The molecule has 0 spiro atoms. The summed E-state index contributed by atoms with van der Waals surface area (Å²) in [4.78, 5) is 25.3. The summed E-state index contributed by atoms with van der Waals surface area (Å²) >= 11 is 0. The van der Waals surface area contributed by atoms with E-state index in [0.29, 0.717) is 5.17 Å². The summed E-state index contributed by atoms with van der Waals surface area (Å²) in [6.07, 6.45) is -4.77. The molecule has 1 saturated heterocycles. The van der Waals surface area contributed by atoms with Gasteiger partial charge in [-0.15, -0.1) is 0 Å². The van der Waals surface area contributed by atoms with Gasteiger partial charge in [0.25, 0.3) is 0 Å². The zero-order valence-corrected chi connectivity index (χ0v) is 7.63. The maximum Gasteiger partial charge on any atom is 0.492 e. The van der Waals surface area contributed by atoms with E-state index in [1.807, 2.05) is 0 Å². The minimum atomic E-state index is -5.03. The third-order valence-electron chi connectivity index (χ3n) is 1.71. The van der Waals surface area contributed by atoms with Crippen LogP contribution in [0.4, 0.5) is 13.2 Å². The number of ketones is 1. The van der Waals surface area contributed by atoms with E-state index >= 15 is 0 Å². The number of Topliss-reactive ketones (excluding diaryl/α,β-unsaturated/α-hetero) is 1. The van der Waals surface area contributed by atoms with Crippen LogP contribution in [0, 0.1) is 0 Å². The molecule has 1 heterocycles. The van der Waals surface area contributed by atoms with Crippen molar-refractivity contribution in [3.63, 3.8) is 0 Å². The Balaban J connectivity index is 2.45. The van der Waals surface area contributed by atoms with Crippen LogP contribution in [0.5, 0.6) is 0 Å². The third-order valence-corrected chi connectivity index (χ3v) is 1.71. The Kier molecular flexibility index (Phi) is 3.64. The van der Waals surface area contributed by atoms with Gasteiger partial charge in [-0.05, 0) is 0 Å². The molecule has 15 heavy (non-hydrogen) atoms. The van der Waals surface area contributed by atoms with Crippen LogP contribution in [0.25, 0.3) is 0 Å². The highest BCUT2D eigenvalue weighted by atomic mass is 19.4. The first-order valence-corrected chi connectivity index (χ1v) is 4.21. The molecule has 8 heteroatoms. The fourth-order valence-corrected chi connectivity index (χ4v) is 0.980. The molecule has 0 aliphatic carbocycles. The maximum absolute atomic E-state index is 11.8. The van der Waals surface area contributed by atoms with Crippen LogP contribution in [0.1, 0.15) is 12.8 Å². The van der Waals surface area contributed by atoms with Gasteiger partial charge < -0.3 is 4.84 Å². The van der Waals surface area contributed by atoms with Gasteiger partial charge in [0.2, 0.25) is 0 Å². The lowest BCUT2D eigenvalue weighted by Gasteiger charge is -2.19. The smallest absolute Gasteiger partial charge is 0.345 e. The normalized spacial score (nSPS) is 19.8. The second-order valence-electron chi connectivity index (χ2n) is 2.93. The fraction of sp³-hybridized carbons (Fsp3) is 0.714. The molecular formula is C7H9F3N2O3. The lowest BCUT2D eigenvalue weighted by atomic mass is 10.2. The molecule has 0 aromatic carbocycles. The van der Waals surface area contributed by atoms with Crippen molar-refractivity contribution in [2.45, 2.75) is 19.0 Å². The molecule has 0 bridgehead atoms. The van der Waals surface area contributed by atoms with E-state index in [2.05, 4.69) is 10.3 Å². The van der Waals surface area contributed by atoms with Gasteiger partial charge in [0.05, 0.1) is 6.54 Å². The maximum atomic E-state index is 11.8. The number of carbonyl (C=O) groups is 2. The lowest BCUT2D eigenvalue weighted by molar-refractivity contribution is -0.249. The largest absolute Gasteiger partial charge is 0.492 e. The summed E-state index contributed by atoms with van der Waals surface area (Å²) in [5.41, 5.74) is 2.38. The Morgan fingerprint density at radius 3 is 2.67 bits per heavy atom. The molecule has 1 aliphatic rings. The van der Waals surface area contributed by atoms with E-state index in [1.165, 1.54) is 0 Å². The predicted octanol–water partition coefficient (Wildman–Crippen LogP) is 0.176. The first-order chi connectivity index (χ1) is 6.89. The molecule has 1 N–H and O–H groups in total. The average Bonchev–Trinajstić information content (AvgIpc) is 2.29. The molecule has 1 fully saturated rings. The number of hydroxylamine groups is 1. The Morgan fingerprint density at radius 2 is 2.07 bits per heavy atom. The molecular weight excluding hydrogens is 217 g/mol. The topological polar surface area (TPSA) is 58.6 Å². The minimum absolute atomic E-state index is 0.0537. The fourth-order valence-electron chi connectivity index (χ4n) is 0.980. The number of alkyl halides is 3. The molecule has 0 amide bonds. The van der Waals surface area contributed by atoms with Gasteiger partial charge >= 0.3 is 12.1 Å². The second-order valence-corrected chi connectivity index (χ2v) is 2.93. The Labute approximate surface area is 83.1 Å². The van der Waals surface area contributed by atoms with Crippen LogP contribution in [0.2, 0.25) is 0 Å². The molecule has 0 aromatic heterocycles. The summed E-state index contributed by atoms with van der Waals surface area (Å²) < 4.78 is 35.4. The van der Waals surface area contributed by atoms with Crippen molar-refractivity contribution < 1.29 is 27.6 Å². The van der Waals surface area contributed by atoms with Crippen LogP contribution in [0.3, 0.4) is 0 Å². The van der Waals surface area contributed by atoms with Gasteiger partial charge in [0.15, 0.2) is 0 Å². The molecule has 1 aliphatic heterocycles. The monoisotopic (exact) mass is 226 g/mol. The molecule has 0 aromatic rings. The highest BCUT2D eigenvalue weighted by Crippen LogP contribution is 2.17. The molecule has 0 unspecified atom stereocenters. The van der Waals surface area contributed by atoms with E-state index in [0.717, 1.165) is 0 Å². The number of halogens is 3. The zero-order chi connectivity index (χ0) is 11.5. The van der Waals surface area contributed by atoms with Crippen molar-refractivity contribution in [3.05, 3.63) is 0 Å². The Morgan fingerprint density at radius 1 is 1.40 bits per heavy atom. The first kappa shape index (κ1) is 11.9. The van der Waals surface area contributed by atoms with E-state index in [4.69, 9.17) is 0 Å². The number of rotatable bonds is 1. The zero-order valence-electron chi connectivity index (χ0n) is 7.63. The van der Waals surface area contributed by atoms with Crippen molar-refractivity contribution in [2.75, 3.05) is 13.1 Å². The van der Waals surface area contributed by atoms with Gasteiger partial charge in [-0.25, -0.2) is 10.2 Å². The van der Waals surface area contributed by atoms with Crippen molar-refractivity contribution in [3.8, 4) is 0 Å². The standard InChI is InChI=1S/C7H9F3N2O3/c8-7(9,10)6(14)15-12-4-2-5(13)1-3-11-12/h11H,1-4H2. The molecule has 86 valence electrons. The highest BCUT2D eigenvalue weighted by Gasteiger charge is 2.42. The summed E-state index contributed by atoms with van der Waals surface area (Å²) in [6, 6.07) is 0. The van der Waals surface area contributed by atoms with Crippen molar-refractivity contribution in [2.24, 2.45) is 0 Å². The lowest BCUT2D eigenvalue weighted by Crippen LogP contribution is -2.42. The molecule has 0 saturated carbocycles. The Bertz CT molecular complexity index is 267. The van der Waals surface area contributed by atoms with E-state index in [9.17, 15) is 22.8 Å². The third kappa shape index (κ3) is 3.84. The quantitative estimate of drug-likeness (QED) is 0.691. The molecule has 1 rings (SSSR count). The van der Waals surface area contributed by atoms with Crippen LogP contribution in [0.15, 0.2) is 0 Å². The number of nitrogens with one attached hydrogen (secondary N) is 1. The van der Waals surface area contributed by atoms with Crippen LogP contribution >= 0.6 is 0 Å². The van der Waals surface area contributed by atoms with Crippen LogP contribution in [-0.4, -0.2) is 36.2 Å². The van der Waals surface area contributed by atoms with Gasteiger partial charge in [0, 0.05) is 19.4 Å². The summed E-state index contributed by atoms with van der Waals surface area (Å²) in [5, 5.41) is 0.640.